The van der Waals surface area contributed by atoms with E-state index in [9.17, 15) is 9.59 Å². The van der Waals surface area contributed by atoms with Crippen molar-refractivity contribution in [1.82, 2.24) is 15.3 Å². The molecule has 0 bridgehead atoms. The molecule has 0 atom stereocenters. The zero-order chi connectivity index (χ0) is 18.0. The first-order valence-corrected chi connectivity index (χ1v) is 11.5. The summed E-state index contributed by atoms with van der Waals surface area (Å²) in [5.74, 6) is -0.0558. The fraction of sp³-hybridized carbons (Fsp3) is 0.706. The molecule has 2 rings (SSSR count). The van der Waals surface area contributed by atoms with Crippen LogP contribution >= 0.6 is 0 Å². The van der Waals surface area contributed by atoms with Crippen LogP contribution < -0.4 is 5.32 Å². The molecule has 6 nitrogen and oxygen atoms in total. The Labute approximate surface area is 144 Å². The number of aromatic nitrogens is 2. The summed E-state index contributed by atoms with van der Waals surface area (Å²) >= 11 is 0. The average molecular weight is 352 g/mol. The second-order valence-corrected chi connectivity index (χ2v) is 12.9. The first-order chi connectivity index (χ1) is 11.1. The van der Waals surface area contributed by atoms with E-state index < -0.39 is 8.32 Å². The van der Waals surface area contributed by atoms with E-state index in [4.69, 9.17) is 4.43 Å². The molecule has 1 saturated carbocycles. The number of nitrogens with one attached hydrogen (secondary N) is 2. The van der Waals surface area contributed by atoms with Crippen molar-refractivity contribution in [2.45, 2.75) is 76.7 Å². The summed E-state index contributed by atoms with van der Waals surface area (Å²) in [5.41, 5.74) is 0.261. The fourth-order valence-corrected chi connectivity index (χ4v) is 4.11. The topological polar surface area (TPSA) is 84.1 Å². The number of carbonyl (C=O) groups is 2. The van der Waals surface area contributed by atoms with Crippen molar-refractivity contribution in [2.24, 2.45) is 0 Å². The molecular weight excluding hydrogens is 322 g/mol. The molecule has 1 aliphatic rings. The molecule has 1 aromatic heterocycles. The largest absolute Gasteiger partial charge is 0.414 e. The lowest BCUT2D eigenvalue weighted by Gasteiger charge is -2.41. The van der Waals surface area contributed by atoms with Gasteiger partial charge in [0.15, 0.2) is 20.4 Å². The molecule has 0 radical (unpaired) electrons. The molecule has 7 heteroatoms. The van der Waals surface area contributed by atoms with Gasteiger partial charge in [0.05, 0.1) is 0 Å². The second-order valence-electron chi connectivity index (χ2n) is 8.11. The third kappa shape index (κ3) is 4.54. The lowest BCUT2D eigenvalue weighted by Crippen LogP contribution is -2.46. The van der Waals surface area contributed by atoms with Gasteiger partial charge in [-0.2, -0.15) is 0 Å². The molecule has 1 heterocycles. The molecule has 0 spiro atoms. The van der Waals surface area contributed by atoms with E-state index in [0.717, 1.165) is 25.7 Å². The summed E-state index contributed by atoms with van der Waals surface area (Å²) in [4.78, 5) is 29.4. The van der Waals surface area contributed by atoms with Gasteiger partial charge in [-0.3, -0.25) is 9.59 Å². The van der Waals surface area contributed by atoms with Crippen molar-refractivity contribution in [1.29, 1.82) is 0 Å². The first-order valence-electron chi connectivity index (χ1n) is 8.61. The fourth-order valence-electron chi connectivity index (χ4n) is 2.69. The third-order valence-corrected chi connectivity index (χ3v) is 9.75. The molecule has 0 aliphatic heterocycles. The molecule has 1 aliphatic carbocycles. The molecule has 1 fully saturated rings. The summed E-state index contributed by atoms with van der Waals surface area (Å²) in [5, 5.41) is 3.22. The van der Waals surface area contributed by atoms with Crippen LogP contribution in [0.4, 0.5) is 0 Å². The Morgan fingerprint density at radius 1 is 1.33 bits per heavy atom. The Morgan fingerprint density at radius 3 is 2.46 bits per heavy atom. The third-order valence-electron chi connectivity index (χ3n) is 5.22. The first kappa shape index (κ1) is 18.9. The predicted molar refractivity (Wildman–Crippen MR) is 95.8 cm³/mol. The number of hydrogen-bond donors (Lipinski definition) is 2. The number of amides is 1. The van der Waals surface area contributed by atoms with Gasteiger partial charge in [0, 0.05) is 18.3 Å². The number of aromatic amines is 1. The normalized spacial score (nSPS) is 22.2. The quantitative estimate of drug-likeness (QED) is 0.630. The van der Waals surface area contributed by atoms with Crippen LogP contribution in [0.5, 0.6) is 0 Å². The lowest BCUT2D eigenvalue weighted by atomic mass is 9.93. The van der Waals surface area contributed by atoms with Crippen molar-refractivity contribution < 1.29 is 14.0 Å². The summed E-state index contributed by atoms with van der Waals surface area (Å²) in [6.45, 7) is 11.3. The number of aldehydes is 1. The Morgan fingerprint density at radius 2 is 1.96 bits per heavy atom. The minimum atomic E-state index is -1.74. The minimum absolute atomic E-state index is 0.146. The lowest BCUT2D eigenvalue weighted by molar-refractivity contribution is 0.0876. The summed E-state index contributed by atoms with van der Waals surface area (Å²) in [6.07, 6.45) is 6.12. The van der Waals surface area contributed by atoms with Gasteiger partial charge in [-0.1, -0.05) is 20.8 Å². The molecule has 1 aromatic rings. The van der Waals surface area contributed by atoms with Crippen molar-refractivity contribution >= 4 is 20.5 Å². The van der Waals surface area contributed by atoms with Gasteiger partial charge in [0.25, 0.3) is 5.91 Å². The maximum Gasteiger partial charge on any atom is 0.271 e. The molecule has 0 saturated heterocycles. The van der Waals surface area contributed by atoms with E-state index in [1.807, 2.05) is 0 Å². The Kier molecular flexibility index (Phi) is 5.65. The molecular formula is C17H29N3O3Si. The van der Waals surface area contributed by atoms with E-state index in [1.54, 1.807) is 0 Å². The van der Waals surface area contributed by atoms with Crippen LogP contribution in [0.2, 0.25) is 18.1 Å². The van der Waals surface area contributed by atoms with Crippen LogP contribution in [0.25, 0.3) is 0 Å². The summed E-state index contributed by atoms with van der Waals surface area (Å²) < 4.78 is 6.47. The summed E-state index contributed by atoms with van der Waals surface area (Å²) in [7, 11) is -1.74. The van der Waals surface area contributed by atoms with Gasteiger partial charge < -0.3 is 14.7 Å². The van der Waals surface area contributed by atoms with Crippen molar-refractivity contribution in [3.8, 4) is 0 Å². The number of H-pyrrole nitrogens is 1. The zero-order valence-corrected chi connectivity index (χ0v) is 16.3. The predicted octanol–water partition coefficient (Wildman–Crippen LogP) is 3.29. The maximum atomic E-state index is 12.2. The molecule has 1 amide bonds. The smallest absolute Gasteiger partial charge is 0.271 e. The van der Waals surface area contributed by atoms with E-state index in [2.05, 4.69) is 49.1 Å². The van der Waals surface area contributed by atoms with Crippen LogP contribution in [0.1, 0.15) is 67.6 Å². The van der Waals surface area contributed by atoms with Gasteiger partial charge in [-0.05, 0) is 43.8 Å². The molecule has 0 aromatic carbocycles. The maximum absolute atomic E-state index is 12.2. The molecule has 24 heavy (non-hydrogen) atoms. The van der Waals surface area contributed by atoms with Crippen LogP contribution in [0.3, 0.4) is 0 Å². The Balaban J connectivity index is 1.82. The number of carbonyl (C=O) groups excluding carboxylic acids is 2. The number of imidazole rings is 1. The average Bonchev–Trinajstić information content (AvgIpc) is 2.97. The number of rotatable bonds is 5. The van der Waals surface area contributed by atoms with Crippen LogP contribution in [-0.2, 0) is 4.43 Å². The standard InChI is InChI=1S/C17H29N3O3Si/c1-17(2,3)24(4,5)23-13-8-6-12(7-9-13)19-16(22)14-10-18-15(11-21)20-14/h10-13H,6-9H2,1-5H3,(H,18,20)(H,19,22)/t12-,13-. The number of nitrogens with zero attached hydrogens (tertiary/aromatic N) is 1. The van der Waals surface area contributed by atoms with Gasteiger partial charge >= 0.3 is 0 Å². The van der Waals surface area contributed by atoms with Crippen LogP contribution in [0.15, 0.2) is 6.20 Å². The highest BCUT2D eigenvalue weighted by molar-refractivity contribution is 6.74. The van der Waals surface area contributed by atoms with E-state index in [-0.39, 0.29) is 28.5 Å². The second kappa shape index (κ2) is 7.19. The van der Waals surface area contributed by atoms with Crippen LogP contribution in [-0.4, -0.2) is 42.6 Å². The van der Waals surface area contributed by atoms with Gasteiger partial charge in [-0.15, -0.1) is 0 Å². The van der Waals surface area contributed by atoms with Crippen LogP contribution in [0, 0.1) is 0 Å². The molecule has 2 N–H and O–H groups in total. The SMILES string of the molecule is CC(C)(C)[Si](C)(C)O[C@H]1CC[C@H](NC(=O)c2c[nH]c(C=O)n2)CC1. The minimum Gasteiger partial charge on any atom is -0.414 e. The van der Waals surface area contributed by atoms with Crippen molar-refractivity contribution in [3.63, 3.8) is 0 Å². The highest BCUT2D eigenvalue weighted by Crippen LogP contribution is 2.39. The molecule has 0 unspecified atom stereocenters. The van der Waals surface area contributed by atoms with E-state index in [0.29, 0.717) is 12.4 Å². The monoisotopic (exact) mass is 351 g/mol. The number of hydrogen-bond acceptors (Lipinski definition) is 4. The molecule has 134 valence electrons. The Bertz CT molecular complexity index is 584. The van der Waals surface area contributed by atoms with Gasteiger partial charge in [0.2, 0.25) is 0 Å². The van der Waals surface area contributed by atoms with Crippen molar-refractivity contribution in [2.75, 3.05) is 0 Å². The van der Waals surface area contributed by atoms with Crippen molar-refractivity contribution in [3.05, 3.63) is 17.7 Å². The van der Waals surface area contributed by atoms with Gasteiger partial charge in [0.1, 0.15) is 5.69 Å². The van der Waals surface area contributed by atoms with Gasteiger partial charge in [-0.25, -0.2) is 4.98 Å². The van der Waals surface area contributed by atoms with E-state index in [1.165, 1.54) is 6.20 Å². The highest BCUT2D eigenvalue weighted by atomic mass is 28.4. The zero-order valence-electron chi connectivity index (χ0n) is 15.3. The van der Waals surface area contributed by atoms with E-state index >= 15 is 0 Å². The highest BCUT2D eigenvalue weighted by Gasteiger charge is 2.39. The Hall–Kier alpha value is -1.47. The summed E-state index contributed by atoms with van der Waals surface area (Å²) in [6, 6.07) is 0.146.